The van der Waals surface area contributed by atoms with Gasteiger partial charge >= 0.3 is 19.3 Å². The number of aldehydes is 1. The molecular formula is C107H125BBr4Cl5F5IN3O13. The quantitative estimate of drug-likeness (QED) is 0.0263. The lowest BCUT2D eigenvalue weighted by atomic mass is 9.69. The number of carbonyl (C=O) groups excluding carboxylic acids is 3. The number of hydrogen-bond acceptors (Lipinski definition) is 14. The average Bonchev–Trinajstić information content (AvgIpc) is 1.56. The van der Waals surface area contributed by atoms with Crippen molar-refractivity contribution < 1.29 is 83.9 Å². The fourth-order valence-electron chi connectivity index (χ4n) is 17.4. The molecule has 1 saturated heterocycles. The van der Waals surface area contributed by atoms with E-state index >= 15 is 4.39 Å². The van der Waals surface area contributed by atoms with Crippen LogP contribution in [-0.4, -0.2) is 114 Å². The summed E-state index contributed by atoms with van der Waals surface area (Å²) in [6.45, 7) is 35.8. The lowest BCUT2D eigenvalue weighted by Crippen LogP contribution is -2.48. The topological polar surface area (TPSA) is 173 Å². The van der Waals surface area contributed by atoms with E-state index in [9.17, 15) is 37.1 Å². The van der Waals surface area contributed by atoms with Crippen LogP contribution < -0.4 is 34.5 Å². The Hall–Kier alpha value is -6.94. The summed E-state index contributed by atoms with van der Waals surface area (Å²) in [5.74, 6) is -1.74. The molecule has 6 heterocycles. The van der Waals surface area contributed by atoms with Crippen molar-refractivity contribution in [2.75, 3.05) is 47.4 Å². The SMILES string of the molecule is C.C.C.C.CC(C)(C)I.CNC[C@]1(c2ccccc2)Oc2cc(F)c(Cl)c(Br)c2[C@@H]1C.C[C@H]1c2c(cc(F)c(Cl)c2B2OC(C)(C)C(C)(C)O2)O[C@]1(CN(C)C(=O)OC(C)(C)C)c1ccccc1.C[C@H]1c2c(cc(F)c(Cl)c2Br)O[C@]1(C=O)c1ccccc1.C[C@H]1c2c(cc(F)c(Cl)c2Br)O[C@]1(CN(C)C(=O)OC(C)(C)C)c1ccccc1.C[C@H]1c2c(cc(F)c(Cl)c2Br)O[C@]1(CO)c1ccccc1. The molecule has 0 unspecified atom stereocenters. The number of likely N-dealkylation sites (N-methyl/N-ethyl adjacent to an activating group) is 3. The maximum absolute atomic E-state index is 15.2. The molecule has 10 atom stereocenters. The van der Waals surface area contributed by atoms with Crippen molar-refractivity contribution in [1.29, 1.82) is 0 Å². The van der Waals surface area contributed by atoms with E-state index in [0.717, 1.165) is 50.8 Å². The van der Waals surface area contributed by atoms with Crippen LogP contribution in [0.3, 0.4) is 0 Å². The summed E-state index contributed by atoms with van der Waals surface area (Å²) >= 11 is 46.6. The van der Waals surface area contributed by atoms with E-state index in [1.807, 2.05) is 256 Å². The summed E-state index contributed by atoms with van der Waals surface area (Å²) in [4.78, 5) is 40.4. The first-order chi connectivity index (χ1) is 63.0. The number of aliphatic hydroxyl groups is 1. The summed E-state index contributed by atoms with van der Waals surface area (Å²) in [5.41, 5.74) is 1.44. The molecule has 6 aliphatic heterocycles. The second kappa shape index (κ2) is 46.6. The first-order valence-corrected chi connectivity index (χ1v) is 49.7. The van der Waals surface area contributed by atoms with E-state index in [4.69, 9.17) is 100 Å². The summed E-state index contributed by atoms with van der Waals surface area (Å²) < 4.78 is 128. The molecule has 0 aromatic heterocycles. The van der Waals surface area contributed by atoms with Crippen molar-refractivity contribution >= 4 is 175 Å². The Morgan fingerprint density at radius 1 is 0.432 bits per heavy atom. The zero-order chi connectivity index (χ0) is 99.9. The maximum Gasteiger partial charge on any atom is 0.496 e. The minimum atomic E-state index is -1.16. The van der Waals surface area contributed by atoms with Crippen LogP contribution in [0.2, 0.25) is 25.1 Å². The highest BCUT2D eigenvalue weighted by Crippen LogP contribution is 2.60. The van der Waals surface area contributed by atoms with Crippen LogP contribution in [0.15, 0.2) is 200 Å². The summed E-state index contributed by atoms with van der Waals surface area (Å²) in [5, 5.41) is 13.3. The van der Waals surface area contributed by atoms with E-state index < -0.39 is 98.8 Å². The number of halogens is 15. The molecule has 0 spiro atoms. The van der Waals surface area contributed by atoms with E-state index in [1.54, 1.807) is 14.1 Å². The smallest absolute Gasteiger partial charge is 0.480 e. The molecule has 0 radical (unpaired) electrons. The first kappa shape index (κ1) is 119. The molecule has 2 N–H and O–H groups in total. The number of ether oxygens (including phenoxy) is 7. The highest BCUT2D eigenvalue weighted by molar-refractivity contribution is 14.1. The third-order valence-electron chi connectivity index (χ3n) is 24.9. The van der Waals surface area contributed by atoms with Gasteiger partial charge in [0, 0.05) is 141 Å². The van der Waals surface area contributed by atoms with Crippen LogP contribution >= 0.6 is 144 Å². The highest BCUT2D eigenvalue weighted by Gasteiger charge is 2.59. The molecule has 32 heteroatoms. The van der Waals surface area contributed by atoms with Crippen molar-refractivity contribution in [2.45, 2.75) is 238 Å². The van der Waals surface area contributed by atoms with Gasteiger partial charge in [-0.3, -0.25) is 4.79 Å². The predicted molar refractivity (Wildman–Crippen MR) is 575 cm³/mol. The van der Waals surface area contributed by atoms with Gasteiger partial charge in [-0.25, -0.2) is 31.5 Å². The molecule has 139 heavy (non-hydrogen) atoms. The molecule has 16 nitrogen and oxygen atoms in total. The van der Waals surface area contributed by atoms with Gasteiger partial charge in [0.1, 0.15) is 69.0 Å². The number of hydrogen-bond donors (Lipinski definition) is 2. The number of nitrogens with zero attached hydrogens (tertiary/aromatic N) is 2. The molecule has 754 valence electrons. The van der Waals surface area contributed by atoms with Gasteiger partial charge in [-0.2, -0.15) is 0 Å². The zero-order valence-corrected chi connectivity index (χ0v) is 90.9. The molecule has 1 fully saturated rings. The van der Waals surface area contributed by atoms with Crippen molar-refractivity contribution in [1.82, 2.24) is 15.1 Å². The van der Waals surface area contributed by atoms with Crippen molar-refractivity contribution in [3.05, 3.63) is 310 Å². The Kier molecular flexibility index (Phi) is 39.9. The van der Waals surface area contributed by atoms with Gasteiger partial charge in [0.05, 0.1) is 56.0 Å². The van der Waals surface area contributed by atoms with Gasteiger partial charge in [0.15, 0.2) is 34.3 Å². The van der Waals surface area contributed by atoms with Gasteiger partial charge in [-0.05, 0) is 162 Å². The second-order valence-electron chi connectivity index (χ2n) is 38.0. The number of aliphatic hydroxyl groups excluding tert-OH is 1. The zero-order valence-electron chi connectivity index (χ0n) is 78.6. The van der Waals surface area contributed by atoms with Crippen molar-refractivity contribution in [3.63, 3.8) is 0 Å². The van der Waals surface area contributed by atoms with Gasteiger partial charge in [-0.1, -0.05) is 317 Å². The lowest BCUT2D eigenvalue weighted by molar-refractivity contribution is -0.122. The lowest BCUT2D eigenvalue weighted by Gasteiger charge is -2.37. The number of nitrogens with one attached hydrogen (secondary N) is 1. The second-order valence-corrected chi connectivity index (χ2v) is 46.3. The van der Waals surface area contributed by atoms with Gasteiger partial charge in [0.2, 0.25) is 0 Å². The molecular weight excluding hydrogens is 2260 g/mol. The summed E-state index contributed by atoms with van der Waals surface area (Å²) in [6, 6.07) is 54.3. The Balaban J connectivity index is 0.000000235. The number of fused-ring (bicyclic) bond motifs is 5. The highest BCUT2D eigenvalue weighted by atomic mass is 127. The fourth-order valence-corrected chi connectivity index (χ4v) is 21.2. The Bertz CT molecular complexity index is 5990. The number of rotatable bonds is 14. The van der Waals surface area contributed by atoms with Crippen molar-refractivity contribution in [3.8, 4) is 28.7 Å². The fraction of sp³-hybridized carbons (Fsp3) is 0.411. The van der Waals surface area contributed by atoms with Crippen LogP contribution in [0.1, 0.15) is 240 Å². The Morgan fingerprint density at radius 2 is 0.676 bits per heavy atom. The van der Waals surface area contributed by atoms with Crippen molar-refractivity contribution in [2.24, 2.45) is 0 Å². The van der Waals surface area contributed by atoms with Gasteiger partial charge in [-0.15, -0.1) is 0 Å². The summed E-state index contributed by atoms with van der Waals surface area (Å²) in [7, 11) is 4.33. The number of carbonyl (C=O) groups is 3. The molecule has 16 rings (SSSR count). The van der Waals surface area contributed by atoms with Crippen LogP contribution in [0.25, 0.3) is 0 Å². The van der Waals surface area contributed by atoms with Crippen LogP contribution in [0, 0.1) is 29.1 Å². The number of alkyl halides is 1. The number of benzene rings is 10. The molecule has 10 aromatic carbocycles. The molecule has 10 aromatic rings. The molecule has 0 bridgehead atoms. The predicted octanol–water partition coefficient (Wildman–Crippen LogP) is 31.6. The normalized spacial score (nSPS) is 22.0. The van der Waals surface area contributed by atoms with E-state index in [0.29, 0.717) is 73.2 Å². The minimum Gasteiger partial charge on any atom is -0.480 e. The first-order valence-electron chi connectivity index (χ1n) is 43.6. The largest absolute Gasteiger partial charge is 0.496 e. The maximum atomic E-state index is 15.2. The average molecular weight is 2390 g/mol. The third kappa shape index (κ3) is 24.4. The monoisotopic (exact) mass is 2380 g/mol. The molecule has 2 amide bonds. The van der Waals surface area contributed by atoms with Gasteiger partial charge < -0.3 is 62.7 Å². The molecule has 0 saturated carbocycles. The van der Waals surface area contributed by atoms with E-state index in [2.05, 4.69) is 119 Å². The van der Waals surface area contributed by atoms with E-state index in [1.165, 1.54) is 40.1 Å². The summed E-state index contributed by atoms with van der Waals surface area (Å²) in [6.07, 6.45) is -0.168. The van der Waals surface area contributed by atoms with Crippen LogP contribution in [0.4, 0.5) is 31.5 Å². The van der Waals surface area contributed by atoms with Gasteiger partial charge in [0.25, 0.3) is 0 Å². The number of amides is 2. The third-order valence-corrected chi connectivity index (χ3v) is 31.0. The van der Waals surface area contributed by atoms with Crippen LogP contribution in [-0.2, 0) is 51.6 Å². The molecule has 6 aliphatic rings. The van der Waals surface area contributed by atoms with Crippen LogP contribution in [0.5, 0.6) is 28.7 Å². The standard InChI is InChI=1S/C28H36BClFNO5.C22H24BrClFNO3.C17H16BrClFNO.C16H13BrClFO2.C16H11BrClFO2.C4H9I.4CH4/c1-17-21-20(15-19(31)23(30)22(21)29-36-26(5,6)27(7,8)37-29)34-28(17,18-13-11-10-12-14-18)16-32(9)24(33)35-25(2,3)4;1-13-17-16(11-15(25)19(24)18(17)23)28-22(13,14-9-7-6-8-10-14)12-26(5)20(27)29-21(2,3)4;1-10-14-13(8-12(20)16(19)15(14)18)22-17(10,9-21-2)11-6-4-3-5-7-11;2*1-9-13-12(7-11(19)15(18)14(13)17)21-16(9,8-20)10-5-3-2-4-6-10;1-4(2,3)5;;;;/h10-15,17H,16H2,1-9H3;6-11,13H,12H2,1-5H3;3-8,10,21H,9H2,1-2H3;2-7,9,20H,8H2,1H3;2-9H,1H3;1-3H3;4*1H4/t17-,28-;13-,22-;10-,17-;2*9-,16-;;;;;/m00000...../s1. The Morgan fingerprint density at radius 3 is 0.978 bits per heavy atom. The van der Waals surface area contributed by atoms with E-state index in [-0.39, 0.29) is 104 Å². The Labute approximate surface area is 889 Å². The minimum absolute atomic E-state index is 0. The molecule has 0 aliphatic carbocycles.